The molecule has 0 amide bonds. The van der Waals surface area contributed by atoms with Gasteiger partial charge in [0.25, 0.3) is 0 Å². The van der Waals surface area contributed by atoms with E-state index in [4.69, 9.17) is 4.74 Å². The standard InChI is InChI=1S/C21H25NO2.ClH/c23-20-14-7-8-15-21(20,18-10-3-1-4-11-18)22-16-9-17-24-19-12-5-2-6-13-19;/h1-6,10-13,22H,7-9,14-17H2;1H. The van der Waals surface area contributed by atoms with Gasteiger partial charge in [0, 0.05) is 6.42 Å². The average molecular weight is 360 g/mol. The molecule has 0 aliphatic heterocycles. The van der Waals surface area contributed by atoms with Gasteiger partial charge in [-0.1, -0.05) is 55.0 Å². The van der Waals surface area contributed by atoms with Crippen molar-refractivity contribution in [2.24, 2.45) is 0 Å². The number of carbonyl (C=O) groups is 1. The van der Waals surface area contributed by atoms with Crippen LogP contribution in [-0.4, -0.2) is 18.9 Å². The van der Waals surface area contributed by atoms with Gasteiger partial charge in [-0.05, 0) is 43.5 Å². The van der Waals surface area contributed by atoms with E-state index < -0.39 is 5.54 Å². The van der Waals surface area contributed by atoms with Gasteiger partial charge in [-0.3, -0.25) is 4.79 Å². The van der Waals surface area contributed by atoms with E-state index in [-0.39, 0.29) is 12.4 Å². The van der Waals surface area contributed by atoms with Crippen molar-refractivity contribution >= 4 is 18.2 Å². The van der Waals surface area contributed by atoms with Gasteiger partial charge >= 0.3 is 0 Å². The van der Waals surface area contributed by atoms with E-state index >= 15 is 0 Å². The summed E-state index contributed by atoms with van der Waals surface area (Å²) in [4.78, 5) is 12.7. The zero-order valence-corrected chi connectivity index (χ0v) is 15.3. The fraction of sp³-hybridized carbons (Fsp3) is 0.381. The number of rotatable bonds is 7. The Balaban J connectivity index is 0.00000225. The lowest BCUT2D eigenvalue weighted by Gasteiger charge is -2.37. The van der Waals surface area contributed by atoms with Crippen molar-refractivity contribution in [3.05, 3.63) is 66.2 Å². The van der Waals surface area contributed by atoms with Crippen LogP contribution in [0.3, 0.4) is 0 Å². The Bertz CT molecular complexity index is 647. The summed E-state index contributed by atoms with van der Waals surface area (Å²) >= 11 is 0. The number of benzene rings is 2. The second-order valence-corrected chi connectivity index (χ2v) is 6.34. The Hall–Kier alpha value is -1.84. The van der Waals surface area contributed by atoms with Gasteiger partial charge in [-0.15, -0.1) is 12.4 Å². The normalized spacial score (nSPS) is 19.9. The lowest BCUT2D eigenvalue weighted by Crippen LogP contribution is -2.51. The monoisotopic (exact) mass is 359 g/mol. The van der Waals surface area contributed by atoms with Gasteiger partial charge in [0.05, 0.1) is 6.61 Å². The molecule has 25 heavy (non-hydrogen) atoms. The predicted octanol–water partition coefficient (Wildman–Crippen LogP) is 4.51. The van der Waals surface area contributed by atoms with Gasteiger partial charge < -0.3 is 10.1 Å². The second kappa shape index (κ2) is 9.59. The van der Waals surface area contributed by atoms with Gasteiger partial charge in [0.2, 0.25) is 0 Å². The summed E-state index contributed by atoms with van der Waals surface area (Å²) < 4.78 is 5.74. The lowest BCUT2D eigenvalue weighted by atomic mass is 9.75. The summed E-state index contributed by atoms with van der Waals surface area (Å²) in [7, 11) is 0. The molecule has 0 saturated heterocycles. The maximum Gasteiger partial charge on any atom is 0.157 e. The Morgan fingerprint density at radius 3 is 2.32 bits per heavy atom. The maximum absolute atomic E-state index is 12.7. The fourth-order valence-electron chi connectivity index (χ4n) is 3.43. The molecule has 134 valence electrons. The minimum absolute atomic E-state index is 0. The summed E-state index contributed by atoms with van der Waals surface area (Å²) in [6.45, 7) is 1.42. The van der Waals surface area contributed by atoms with Gasteiger partial charge in [0.1, 0.15) is 11.3 Å². The molecule has 1 saturated carbocycles. The molecule has 2 aromatic rings. The average Bonchev–Trinajstić information content (AvgIpc) is 2.65. The van der Waals surface area contributed by atoms with Gasteiger partial charge in [0.15, 0.2) is 5.78 Å². The van der Waals surface area contributed by atoms with Crippen LogP contribution in [0.5, 0.6) is 5.75 Å². The molecule has 3 nitrogen and oxygen atoms in total. The van der Waals surface area contributed by atoms with E-state index in [0.717, 1.165) is 43.5 Å². The first kappa shape index (κ1) is 19.5. The van der Waals surface area contributed by atoms with E-state index in [1.54, 1.807) is 0 Å². The van der Waals surface area contributed by atoms with E-state index in [1.807, 2.05) is 48.5 Å². The number of halogens is 1. The predicted molar refractivity (Wildman–Crippen MR) is 103 cm³/mol. The van der Waals surface area contributed by atoms with Crippen LogP contribution in [0.4, 0.5) is 0 Å². The van der Waals surface area contributed by atoms with E-state index in [0.29, 0.717) is 18.8 Å². The molecular formula is C21H26ClNO2. The van der Waals surface area contributed by atoms with Crippen molar-refractivity contribution in [1.82, 2.24) is 5.32 Å². The third kappa shape index (κ3) is 4.83. The zero-order chi connectivity index (χ0) is 16.7. The minimum atomic E-state index is -0.508. The smallest absolute Gasteiger partial charge is 0.157 e. The molecule has 1 aliphatic rings. The molecule has 0 bridgehead atoms. The highest BCUT2D eigenvalue weighted by Gasteiger charge is 2.40. The Morgan fingerprint density at radius 2 is 1.64 bits per heavy atom. The molecule has 1 atom stereocenters. The summed E-state index contributed by atoms with van der Waals surface area (Å²) in [6, 6.07) is 20.0. The first-order valence-corrected chi connectivity index (χ1v) is 8.83. The SMILES string of the molecule is Cl.O=C1CCCCC1(NCCCOc1ccccc1)c1ccccc1. The van der Waals surface area contributed by atoms with E-state index in [9.17, 15) is 4.79 Å². The number of hydrogen-bond donors (Lipinski definition) is 1. The number of nitrogens with one attached hydrogen (secondary N) is 1. The van der Waals surface area contributed by atoms with Crippen LogP contribution in [0, 0.1) is 0 Å². The van der Waals surface area contributed by atoms with Crippen LogP contribution in [0.1, 0.15) is 37.7 Å². The van der Waals surface area contributed by atoms with E-state index in [1.165, 1.54) is 0 Å². The minimum Gasteiger partial charge on any atom is -0.494 e. The summed E-state index contributed by atoms with van der Waals surface area (Å²) in [5, 5.41) is 3.56. The molecule has 1 aliphatic carbocycles. The Labute approximate surface area is 156 Å². The van der Waals surface area contributed by atoms with Crippen LogP contribution in [-0.2, 0) is 10.3 Å². The summed E-state index contributed by atoms with van der Waals surface area (Å²) in [5.41, 5.74) is 0.588. The molecule has 1 N–H and O–H groups in total. The number of ketones is 1. The molecule has 1 fully saturated rings. The van der Waals surface area contributed by atoms with Crippen LogP contribution < -0.4 is 10.1 Å². The molecule has 0 aromatic heterocycles. The van der Waals surface area contributed by atoms with Crippen molar-refractivity contribution in [3.8, 4) is 5.75 Å². The third-order valence-corrected chi connectivity index (χ3v) is 4.71. The van der Waals surface area contributed by atoms with Crippen molar-refractivity contribution in [2.45, 2.75) is 37.6 Å². The number of ether oxygens (including phenoxy) is 1. The second-order valence-electron chi connectivity index (χ2n) is 6.34. The van der Waals surface area contributed by atoms with Crippen molar-refractivity contribution in [1.29, 1.82) is 0 Å². The highest BCUT2D eigenvalue weighted by Crippen LogP contribution is 2.34. The molecule has 0 heterocycles. The molecular weight excluding hydrogens is 334 g/mol. The highest BCUT2D eigenvalue weighted by atomic mass is 35.5. The van der Waals surface area contributed by atoms with Crippen LogP contribution in [0.25, 0.3) is 0 Å². The molecule has 4 heteroatoms. The number of para-hydroxylation sites is 1. The summed E-state index contributed by atoms with van der Waals surface area (Å²) in [6.07, 6.45) is 4.52. The fourth-order valence-corrected chi connectivity index (χ4v) is 3.43. The quantitative estimate of drug-likeness (QED) is 0.739. The molecule has 1 unspecified atom stereocenters. The highest BCUT2D eigenvalue weighted by molar-refractivity contribution is 5.90. The van der Waals surface area contributed by atoms with Crippen molar-refractivity contribution < 1.29 is 9.53 Å². The lowest BCUT2D eigenvalue weighted by molar-refractivity contribution is -0.128. The topological polar surface area (TPSA) is 38.3 Å². The Morgan fingerprint density at radius 1 is 0.960 bits per heavy atom. The molecule has 2 aromatic carbocycles. The van der Waals surface area contributed by atoms with Crippen molar-refractivity contribution in [3.63, 3.8) is 0 Å². The Kier molecular flexibility index (Phi) is 7.48. The van der Waals surface area contributed by atoms with Crippen LogP contribution in [0.2, 0.25) is 0 Å². The molecule has 0 radical (unpaired) electrons. The van der Waals surface area contributed by atoms with Gasteiger partial charge in [-0.25, -0.2) is 0 Å². The van der Waals surface area contributed by atoms with Crippen molar-refractivity contribution in [2.75, 3.05) is 13.2 Å². The number of hydrogen-bond acceptors (Lipinski definition) is 3. The first-order chi connectivity index (χ1) is 11.8. The number of carbonyl (C=O) groups excluding carboxylic acids is 1. The van der Waals surface area contributed by atoms with Gasteiger partial charge in [-0.2, -0.15) is 0 Å². The van der Waals surface area contributed by atoms with Crippen LogP contribution >= 0.6 is 12.4 Å². The molecule has 0 spiro atoms. The third-order valence-electron chi connectivity index (χ3n) is 4.71. The number of Topliss-reactive ketones (excluding diaryl/α,β-unsaturated/α-hetero) is 1. The zero-order valence-electron chi connectivity index (χ0n) is 14.4. The largest absolute Gasteiger partial charge is 0.494 e. The summed E-state index contributed by atoms with van der Waals surface area (Å²) in [5.74, 6) is 1.22. The maximum atomic E-state index is 12.7. The molecule has 3 rings (SSSR count). The first-order valence-electron chi connectivity index (χ1n) is 8.83. The van der Waals surface area contributed by atoms with Crippen LogP contribution in [0.15, 0.2) is 60.7 Å². The van der Waals surface area contributed by atoms with E-state index in [2.05, 4.69) is 17.4 Å².